The van der Waals surface area contributed by atoms with Gasteiger partial charge < -0.3 is 14.4 Å². The molecule has 138 valence electrons. The first-order valence-electron chi connectivity index (χ1n) is 9.51. The lowest BCUT2D eigenvalue weighted by molar-refractivity contribution is -0.0283. The van der Waals surface area contributed by atoms with Gasteiger partial charge in [0.15, 0.2) is 11.6 Å². The molecule has 0 bridgehead atoms. The molecule has 25 heavy (non-hydrogen) atoms. The molecule has 0 amide bonds. The average Bonchev–Trinajstić information content (AvgIpc) is 2.85. The van der Waals surface area contributed by atoms with Gasteiger partial charge in [-0.15, -0.1) is 0 Å². The summed E-state index contributed by atoms with van der Waals surface area (Å²) in [5.74, 6) is 0.229. The van der Waals surface area contributed by atoms with Crippen molar-refractivity contribution in [2.75, 3.05) is 57.5 Å². The molecular weight excluding hydrogens is 321 g/mol. The van der Waals surface area contributed by atoms with Crippen molar-refractivity contribution >= 4 is 5.82 Å². The molecule has 4 heterocycles. The number of aromatic nitrogens is 1. The zero-order valence-electron chi connectivity index (χ0n) is 14.8. The number of pyridine rings is 1. The van der Waals surface area contributed by atoms with E-state index in [4.69, 9.17) is 9.47 Å². The third-order valence-electron chi connectivity index (χ3n) is 5.88. The molecule has 1 spiro atoms. The highest BCUT2D eigenvalue weighted by molar-refractivity contribution is 5.40. The zero-order chi connectivity index (χ0) is 17.1. The summed E-state index contributed by atoms with van der Waals surface area (Å²) in [6, 6.07) is 3.76. The molecule has 3 aliphatic heterocycles. The van der Waals surface area contributed by atoms with Gasteiger partial charge in [-0.3, -0.25) is 4.90 Å². The molecule has 4 rings (SSSR count). The Morgan fingerprint density at radius 3 is 2.84 bits per heavy atom. The molecule has 0 radical (unpaired) electrons. The lowest BCUT2D eigenvalue weighted by Gasteiger charge is -2.47. The van der Waals surface area contributed by atoms with E-state index in [0.29, 0.717) is 25.0 Å². The number of hydrogen-bond acceptors (Lipinski definition) is 5. The number of hydrogen-bond donors (Lipinski definition) is 0. The highest BCUT2D eigenvalue weighted by Gasteiger charge is 2.41. The van der Waals surface area contributed by atoms with E-state index in [-0.39, 0.29) is 11.2 Å². The minimum absolute atomic E-state index is 0.0665. The third-order valence-corrected chi connectivity index (χ3v) is 5.88. The van der Waals surface area contributed by atoms with Gasteiger partial charge in [0.1, 0.15) is 0 Å². The number of halogens is 1. The van der Waals surface area contributed by atoms with Gasteiger partial charge in [0, 0.05) is 50.5 Å². The van der Waals surface area contributed by atoms with E-state index in [1.807, 2.05) is 0 Å². The normalized spacial score (nSPS) is 29.7. The Morgan fingerprint density at radius 2 is 2.00 bits per heavy atom. The molecule has 0 aliphatic carbocycles. The van der Waals surface area contributed by atoms with E-state index in [1.165, 1.54) is 12.5 Å². The van der Waals surface area contributed by atoms with Crippen LogP contribution < -0.4 is 4.90 Å². The minimum atomic E-state index is -0.239. The SMILES string of the molecule is Fc1cccnc1N1CCOCC2(CCCN(C3CCOCC3)C2)C1. The summed E-state index contributed by atoms with van der Waals surface area (Å²) in [5.41, 5.74) is 0.0665. The first-order chi connectivity index (χ1) is 12.3. The van der Waals surface area contributed by atoms with Gasteiger partial charge in [-0.25, -0.2) is 9.37 Å². The predicted molar refractivity (Wildman–Crippen MR) is 94.3 cm³/mol. The van der Waals surface area contributed by atoms with Crippen LogP contribution in [0, 0.1) is 11.2 Å². The fourth-order valence-corrected chi connectivity index (χ4v) is 4.64. The van der Waals surface area contributed by atoms with Crippen LogP contribution in [-0.4, -0.2) is 68.5 Å². The molecule has 0 aromatic carbocycles. The van der Waals surface area contributed by atoms with Crippen molar-refractivity contribution in [3.05, 3.63) is 24.1 Å². The molecule has 3 fully saturated rings. The highest BCUT2D eigenvalue weighted by atomic mass is 19.1. The molecule has 6 heteroatoms. The van der Waals surface area contributed by atoms with Gasteiger partial charge in [0.05, 0.1) is 13.2 Å². The number of ether oxygens (including phenoxy) is 2. The van der Waals surface area contributed by atoms with E-state index in [0.717, 1.165) is 58.7 Å². The van der Waals surface area contributed by atoms with Gasteiger partial charge >= 0.3 is 0 Å². The molecule has 0 saturated carbocycles. The van der Waals surface area contributed by atoms with Crippen molar-refractivity contribution in [2.45, 2.75) is 31.7 Å². The summed E-state index contributed by atoms with van der Waals surface area (Å²) in [5, 5.41) is 0. The van der Waals surface area contributed by atoms with Crippen LogP contribution in [0.25, 0.3) is 0 Å². The highest BCUT2D eigenvalue weighted by Crippen LogP contribution is 2.36. The molecule has 1 aromatic rings. The number of piperidine rings is 1. The standard InChI is InChI=1S/C19H28FN3O2/c20-17-3-1-7-21-18(17)23-9-12-25-15-19(14-23)6-2-8-22(13-19)16-4-10-24-11-5-16/h1,3,7,16H,2,4-6,8-15H2. The summed E-state index contributed by atoms with van der Waals surface area (Å²) >= 11 is 0. The van der Waals surface area contributed by atoms with Crippen LogP contribution in [0.3, 0.4) is 0 Å². The van der Waals surface area contributed by atoms with E-state index < -0.39 is 0 Å². The minimum Gasteiger partial charge on any atom is -0.381 e. The van der Waals surface area contributed by atoms with Crippen LogP contribution >= 0.6 is 0 Å². The summed E-state index contributed by atoms with van der Waals surface area (Å²) < 4.78 is 25.8. The average molecular weight is 349 g/mol. The lowest BCUT2D eigenvalue weighted by Crippen LogP contribution is -2.54. The second kappa shape index (κ2) is 7.56. The van der Waals surface area contributed by atoms with Crippen molar-refractivity contribution < 1.29 is 13.9 Å². The van der Waals surface area contributed by atoms with Gasteiger partial charge in [-0.05, 0) is 44.4 Å². The van der Waals surface area contributed by atoms with Crippen LogP contribution in [0.15, 0.2) is 18.3 Å². The van der Waals surface area contributed by atoms with Gasteiger partial charge in [-0.2, -0.15) is 0 Å². The topological polar surface area (TPSA) is 37.8 Å². The Labute approximate surface area is 149 Å². The van der Waals surface area contributed by atoms with Crippen LogP contribution in [0.2, 0.25) is 0 Å². The molecule has 1 unspecified atom stereocenters. The molecule has 3 aliphatic rings. The Bertz CT molecular complexity index is 582. The maximum absolute atomic E-state index is 14.3. The molecular formula is C19H28FN3O2. The summed E-state index contributed by atoms with van der Waals surface area (Å²) in [6.07, 6.45) is 6.23. The van der Waals surface area contributed by atoms with Crippen LogP contribution in [-0.2, 0) is 9.47 Å². The first kappa shape index (κ1) is 17.2. The van der Waals surface area contributed by atoms with Crippen molar-refractivity contribution in [1.82, 2.24) is 9.88 Å². The smallest absolute Gasteiger partial charge is 0.165 e. The summed E-state index contributed by atoms with van der Waals surface area (Å²) in [6.45, 7) is 6.85. The van der Waals surface area contributed by atoms with Crippen LogP contribution in [0.5, 0.6) is 0 Å². The van der Waals surface area contributed by atoms with E-state index in [9.17, 15) is 4.39 Å². The monoisotopic (exact) mass is 349 g/mol. The maximum atomic E-state index is 14.3. The Hall–Kier alpha value is -1.24. The molecule has 1 atom stereocenters. The van der Waals surface area contributed by atoms with E-state index in [1.54, 1.807) is 12.3 Å². The molecule has 5 nitrogen and oxygen atoms in total. The van der Waals surface area contributed by atoms with Gasteiger partial charge in [0.2, 0.25) is 0 Å². The van der Waals surface area contributed by atoms with E-state index >= 15 is 0 Å². The number of likely N-dealkylation sites (tertiary alicyclic amines) is 1. The molecule has 1 aromatic heterocycles. The summed E-state index contributed by atoms with van der Waals surface area (Å²) in [7, 11) is 0. The van der Waals surface area contributed by atoms with Crippen LogP contribution in [0.4, 0.5) is 10.2 Å². The third kappa shape index (κ3) is 3.81. The predicted octanol–water partition coefficient (Wildman–Crippen LogP) is 2.32. The number of nitrogens with zero attached hydrogens (tertiary/aromatic N) is 3. The summed E-state index contributed by atoms with van der Waals surface area (Å²) in [4.78, 5) is 9.02. The quantitative estimate of drug-likeness (QED) is 0.819. The maximum Gasteiger partial charge on any atom is 0.165 e. The molecule has 3 saturated heterocycles. The Kier molecular flexibility index (Phi) is 5.20. The lowest BCUT2D eigenvalue weighted by atomic mass is 9.79. The van der Waals surface area contributed by atoms with E-state index in [2.05, 4.69) is 14.8 Å². The zero-order valence-corrected chi connectivity index (χ0v) is 14.8. The fourth-order valence-electron chi connectivity index (χ4n) is 4.64. The Morgan fingerprint density at radius 1 is 1.12 bits per heavy atom. The fraction of sp³-hybridized carbons (Fsp3) is 0.737. The first-order valence-corrected chi connectivity index (χ1v) is 9.51. The van der Waals surface area contributed by atoms with Gasteiger partial charge in [0.25, 0.3) is 0 Å². The second-order valence-electron chi connectivity index (χ2n) is 7.70. The van der Waals surface area contributed by atoms with Gasteiger partial charge in [-0.1, -0.05) is 0 Å². The second-order valence-corrected chi connectivity index (χ2v) is 7.70. The largest absolute Gasteiger partial charge is 0.381 e. The van der Waals surface area contributed by atoms with Crippen LogP contribution in [0.1, 0.15) is 25.7 Å². The number of rotatable bonds is 2. The Balaban J connectivity index is 1.51. The molecule has 0 N–H and O–H groups in total. The van der Waals surface area contributed by atoms with Crippen molar-refractivity contribution in [2.24, 2.45) is 5.41 Å². The van der Waals surface area contributed by atoms with Crippen molar-refractivity contribution in [1.29, 1.82) is 0 Å². The number of anilines is 1. The van der Waals surface area contributed by atoms with Crippen molar-refractivity contribution in [3.8, 4) is 0 Å². The van der Waals surface area contributed by atoms with Crippen molar-refractivity contribution in [3.63, 3.8) is 0 Å².